The first-order valence-electron chi connectivity index (χ1n) is 26.8. The van der Waals surface area contributed by atoms with Gasteiger partial charge in [0.05, 0.1) is 42.5 Å². The van der Waals surface area contributed by atoms with E-state index in [0.717, 1.165) is 69.5 Å². The van der Waals surface area contributed by atoms with Crippen molar-refractivity contribution in [1.29, 1.82) is 0 Å². The predicted octanol–water partition coefficient (Wildman–Crippen LogP) is 12.1. The Bertz CT molecular complexity index is 2770. The molecule has 0 bridgehead atoms. The molecule has 6 aromatic rings. The lowest BCUT2D eigenvalue weighted by molar-refractivity contribution is -0.125. The van der Waals surface area contributed by atoms with Gasteiger partial charge in [0.25, 0.3) is 0 Å². The Kier molecular flexibility index (Phi) is 31.1. The summed E-state index contributed by atoms with van der Waals surface area (Å²) in [7, 11) is 0. The molecule has 9 unspecified atom stereocenters. The minimum atomic E-state index is -1.06. The molecule has 0 aliphatic carbocycles. The van der Waals surface area contributed by atoms with Crippen molar-refractivity contribution < 1.29 is 45.0 Å². The van der Waals surface area contributed by atoms with Crippen molar-refractivity contribution in [2.24, 2.45) is 0 Å². The van der Waals surface area contributed by atoms with E-state index in [-0.39, 0.29) is 38.6 Å². The van der Waals surface area contributed by atoms with Gasteiger partial charge in [0, 0.05) is 43.0 Å². The highest BCUT2D eigenvalue weighted by Crippen LogP contribution is 2.31. The number of aliphatic hydroxyl groups excluding tert-OH is 6. The number of aliphatic hydroxyl groups is 6. The highest BCUT2D eigenvalue weighted by Gasteiger charge is 2.30. The number of halogens is 6. The van der Waals surface area contributed by atoms with Crippen molar-refractivity contribution in [3.05, 3.63) is 174 Å². The molecule has 1 aliphatic rings. The lowest BCUT2D eigenvalue weighted by Crippen LogP contribution is -2.53. The molecular weight excluding hydrogens is 1180 g/mol. The first-order chi connectivity index (χ1) is 38.4. The minimum Gasteiger partial charge on any atom is -0.391 e. The van der Waals surface area contributed by atoms with E-state index in [1.807, 2.05) is 109 Å². The molecule has 7 rings (SSSR count). The number of hydrogen-bond acceptors (Lipinski definition) is 10. The molecule has 0 radical (unpaired) electrons. The lowest BCUT2D eigenvalue weighted by atomic mass is 9.96. The zero-order valence-corrected chi connectivity index (χ0v) is 50.3. The standard InChI is InChI=1S/C22H26Cl2N2O3.2C20H23Cl2NO3.2CH4/c1-13(27)21(28)20(26-22(29)19-3-2-8-25-19)9-14-4-6-15(7-5-14)16-10-17(23)12-18(24)11-16;2*1-3-19(25)23-18(20(26)12(2)24)8-13-4-6-14(7-5-13)15-9-16(21)11-17(22)10-15;;/h4-7,10-13,19-21,25,27-28H,2-3,8-9H2,1H3,(H,26,29);2*4-7,9-12,18,20,24,26H,3,8H2,1-2H3,(H,23,25);2*1H4/t13?,19-,20?,21?;;;;/m0..../s1. The molecule has 10 N–H and O–H groups in total. The summed E-state index contributed by atoms with van der Waals surface area (Å²) < 4.78 is 0. The van der Waals surface area contributed by atoms with Gasteiger partial charge in [0.15, 0.2) is 0 Å². The van der Waals surface area contributed by atoms with E-state index in [4.69, 9.17) is 69.6 Å². The Hall–Kier alpha value is -4.81. The largest absolute Gasteiger partial charge is 0.391 e. The van der Waals surface area contributed by atoms with Crippen LogP contribution >= 0.6 is 69.6 Å². The number of rotatable bonds is 21. The summed E-state index contributed by atoms with van der Waals surface area (Å²) in [5, 5.41) is 75.0. The Morgan fingerprint density at radius 3 is 0.940 bits per heavy atom. The first kappa shape index (κ1) is 72.4. The smallest absolute Gasteiger partial charge is 0.237 e. The van der Waals surface area contributed by atoms with Crippen LogP contribution in [0.3, 0.4) is 0 Å². The van der Waals surface area contributed by atoms with E-state index in [0.29, 0.717) is 62.2 Å². The first-order valence-corrected chi connectivity index (χ1v) is 29.1. The molecule has 0 spiro atoms. The second-order valence-corrected chi connectivity index (χ2v) is 22.8. The molecule has 1 heterocycles. The summed E-state index contributed by atoms with van der Waals surface area (Å²) in [6.07, 6.45) is -2.39. The summed E-state index contributed by atoms with van der Waals surface area (Å²) >= 11 is 36.4. The predicted molar refractivity (Wildman–Crippen MR) is 341 cm³/mol. The molecule has 1 fully saturated rings. The van der Waals surface area contributed by atoms with Gasteiger partial charge in [-0.3, -0.25) is 14.4 Å². The van der Waals surface area contributed by atoms with Crippen molar-refractivity contribution in [3.8, 4) is 33.4 Å². The van der Waals surface area contributed by atoms with Crippen LogP contribution in [0.25, 0.3) is 33.4 Å². The quantitative estimate of drug-likeness (QED) is 0.0328. The van der Waals surface area contributed by atoms with Crippen LogP contribution in [-0.2, 0) is 33.6 Å². The monoisotopic (exact) mass is 1260 g/mol. The Morgan fingerprint density at radius 1 is 0.446 bits per heavy atom. The van der Waals surface area contributed by atoms with Gasteiger partial charge in [-0.15, -0.1) is 0 Å². The van der Waals surface area contributed by atoms with Gasteiger partial charge in [0.1, 0.15) is 18.3 Å². The van der Waals surface area contributed by atoms with Gasteiger partial charge < -0.3 is 51.9 Å². The third-order valence-corrected chi connectivity index (χ3v) is 14.9. The maximum Gasteiger partial charge on any atom is 0.237 e. The lowest BCUT2D eigenvalue weighted by Gasteiger charge is -2.27. The molecule has 6 aromatic carbocycles. The molecule has 13 nitrogen and oxygen atoms in total. The van der Waals surface area contributed by atoms with E-state index in [1.165, 1.54) is 20.8 Å². The molecule has 0 aromatic heterocycles. The summed E-state index contributed by atoms with van der Waals surface area (Å²) in [6.45, 7) is 8.82. The zero-order chi connectivity index (χ0) is 59.5. The summed E-state index contributed by atoms with van der Waals surface area (Å²) in [5.74, 6) is -0.475. The average molecular weight is 1260 g/mol. The Morgan fingerprint density at radius 2 is 0.711 bits per heavy atom. The van der Waals surface area contributed by atoms with E-state index in [1.54, 1.807) is 32.0 Å². The maximum absolute atomic E-state index is 12.5. The van der Waals surface area contributed by atoms with Gasteiger partial charge in [-0.25, -0.2) is 0 Å². The molecule has 0 saturated carbocycles. The van der Waals surface area contributed by atoms with E-state index >= 15 is 0 Å². The van der Waals surface area contributed by atoms with Crippen LogP contribution in [-0.4, -0.2) is 116 Å². The second-order valence-electron chi connectivity index (χ2n) is 20.2. The fourth-order valence-corrected chi connectivity index (χ4v) is 10.6. The van der Waals surface area contributed by atoms with Crippen LogP contribution in [0, 0.1) is 0 Å². The van der Waals surface area contributed by atoms with Gasteiger partial charge in [-0.05, 0) is 164 Å². The second kappa shape index (κ2) is 35.6. The normalized spacial score (nSPS) is 15.9. The number of benzene rings is 6. The van der Waals surface area contributed by atoms with Gasteiger partial charge in [-0.1, -0.05) is 171 Å². The summed E-state index contributed by atoms with van der Waals surface area (Å²) in [6, 6.07) is 37.3. The molecule has 452 valence electrons. The number of carbonyl (C=O) groups is 3. The molecule has 19 heteroatoms. The molecule has 3 amide bonds. The Balaban J connectivity index is 0.000000323. The van der Waals surface area contributed by atoms with Crippen LogP contribution in [0.15, 0.2) is 127 Å². The van der Waals surface area contributed by atoms with Crippen LogP contribution < -0.4 is 21.3 Å². The minimum absolute atomic E-state index is 0. The highest BCUT2D eigenvalue weighted by atomic mass is 35.5. The summed E-state index contributed by atoms with van der Waals surface area (Å²) in [5.41, 5.74) is 8.42. The highest BCUT2D eigenvalue weighted by molar-refractivity contribution is 6.36. The van der Waals surface area contributed by atoms with Crippen molar-refractivity contribution in [2.45, 2.75) is 155 Å². The number of nitrogens with one attached hydrogen (secondary N) is 4. The number of hydrogen-bond donors (Lipinski definition) is 10. The molecule has 10 atom stereocenters. The molecule has 1 aliphatic heterocycles. The SMILES string of the molecule is C.C.CC(O)C(O)C(Cc1ccc(-c2cc(Cl)cc(Cl)c2)cc1)NC(=O)[C@@H]1CCCN1.CCC(=O)NC(Cc1ccc(-c2cc(Cl)cc(Cl)c2)cc1)C(O)C(C)O.CCC(=O)NC(Cc1ccc(-c2cc(Cl)cc(Cl)c2)cc1)C(O)C(C)O. The molecular formula is C64H80Cl6N4O9. The zero-order valence-electron chi connectivity index (χ0n) is 45.7. The van der Waals surface area contributed by atoms with E-state index in [2.05, 4.69) is 21.3 Å². The van der Waals surface area contributed by atoms with Gasteiger partial charge in [0.2, 0.25) is 17.7 Å². The van der Waals surface area contributed by atoms with Crippen LogP contribution in [0.5, 0.6) is 0 Å². The number of carbonyl (C=O) groups excluding carboxylic acids is 3. The fourth-order valence-electron chi connectivity index (χ4n) is 9.01. The third-order valence-electron chi connectivity index (χ3n) is 13.6. The molecule has 1 saturated heterocycles. The van der Waals surface area contributed by atoms with E-state index in [9.17, 15) is 45.0 Å². The summed E-state index contributed by atoms with van der Waals surface area (Å²) in [4.78, 5) is 35.9. The fraction of sp³-hybridized carbons (Fsp3) is 0.391. The van der Waals surface area contributed by atoms with Gasteiger partial charge in [-0.2, -0.15) is 0 Å². The van der Waals surface area contributed by atoms with Crippen molar-refractivity contribution in [3.63, 3.8) is 0 Å². The maximum atomic E-state index is 12.5. The number of amides is 3. The Labute approximate surface area is 519 Å². The molecule has 83 heavy (non-hydrogen) atoms. The van der Waals surface area contributed by atoms with Crippen molar-refractivity contribution in [2.75, 3.05) is 6.54 Å². The van der Waals surface area contributed by atoms with E-state index < -0.39 is 54.7 Å². The van der Waals surface area contributed by atoms with Crippen LogP contribution in [0.2, 0.25) is 30.1 Å². The van der Waals surface area contributed by atoms with Crippen molar-refractivity contribution in [1.82, 2.24) is 21.3 Å². The topological polar surface area (TPSA) is 221 Å². The van der Waals surface area contributed by atoms with Gasteiger partial charge >= 0.3 is 0 Å². The van der Waals surface area contributed by atoms with Crippen LogP contribution in [0.4, 0.5) is 0 Å². The average Bonchev–Trinajstić information content (AvgIpc) is 3.98. The third kappa shape index (κ3) is 23.5. The van der Waals surface area contributed by atoms with Crippen molar-refractivity contribution >= 4 is 87.3 Å². The van der Waals surface area contributed by atoms with Crippen LogP contribution in [0.1, 0.15) is 91.8 Å².